The first-order chi connectivity index (χ1) is 17.7. The third kappa shape index (κ3) is 3.50. The van der Waals surface area contributed by atoms with E-state index >= 15 is 0 Å². The first kappa shape index (κ1) is 23.5. The summed E-state index contributed by atoms with van der Waals surface area (Å²) in [5, 5.41) is 0.424. The van der Waals surface area contributed by atoms with E-state index in [-0.39, 0.29) is 5.56 Å². The van der Waals surface area contributed by atoms with Crippen molar-refractivity contribution in [3.05, 3.63) is 106 Å². The molecule has 4 atom stereocenters. The van der Waals surface area contributed by atoms with E-state index in [1.807, 2.05) is 18.2 Å². The van der Waals surface area contributed by atoms with E-state index in [0.29, 0.717) is 9.92 Å². The summed E-state index contributed by atoms with van der Waals surface area (Å²) in [5.41, 5.74) is 0.228. The summed E-state index contributed by atoms with van der Waals surface area (Å²) in [5.74, 6) is -4.19. The third-order valence-corrected chi connectivity index (χ3v) is 7.56. The Morgan fingerprint density at radius 1 is 0.838 bits per heavy atom. The van der Waals surface area contributed by atoms with Crippen LogP contribution in [0.1, 0.15) is 33.1 Å². The molecule has 5 nitrogen and oxygen atoms in total. The molecule has 186 valence electrons. The number of carbonyl (C=O) groups is 3. The average molecular weight is 523 g/mol. The van der Waals surface area contributed by atoms with Crippen molar-refractivity contribution in [1.82, 2.24) is 4.90 Å². The van der Waals surface area contributed by atoms with Crippen LogP contribution in [0, 0.1) is 11.8 Å². The highest BCUT2D eigenvalue weighted by atomic mass is 35.5. The first-order valence-corrected chi connectivity index (χ1v) is 11.9. The van der Waals surface area contributed by atoms with Crippen LogP contribution in [-0.2, 0) is 15.8 Å². The first-order valence-electron chi connectivity index (χ1n) is 11.6. The number of Topliss-reactive ketones (excluding diaryl/α,β-unsaturated/α-hetero) is 1. The molecule has 2 fully saturated rings. The van der Waals surface area contributed by atoms with Gasteiger partial charge < -0.3 is 4.90 Å². The fraction of sp³-hybridized carbons (Fsp3) is 0.179. The third-order valence-electron chi connectivity index (χ3n) is 7.31. The van der Waals surface area contributed by atoms with Crippen molar-refractivity contribution in [3.63, 3.8) is 0 Å². The van der Waals surface area contributed by atoms with Gasteiger partial charge in [0.15, 0.2) is 5.78 Å². The Hall–Kier alpha value is -3.91. The van der Waals surface area contributed by atoms with Gasteiger partial charge in [0.1, 0.15) is 6.04 Å². The number of hydrogen-bond donors (Lipinski definition) is 0. The highest BCUT2D eigenvalue weighted by Crippen LogP contribution is 2.54. The fourth-order valence-corrected chi connectivity index (χ4v) is 5.91. The Morgan fingerprint density at radius 3 is 2.22 bits per heavy atom. The standard InChI is InChI=1S/C28H18ClF3N2O3/c29-17-11-9-16(10-12-17)25(35)24-22-21(23-18-6-2-1-5-15(18)13-14-33(23)24)26(36)34(27(22)37)20-8-4-3-7-19(20)28(30,31)32/h1-14,21-24H/t21-,22+,23-,24-/m0/s1. The number of carbonyl (C=O) groups excluding carboxylic acids is 3. The maximum Gasteiger partial charge on any atom is 0.418 e. The molecule has 3 heterocycles. The van der Waals surface area contributed by atoms with E-state index in [9.17, 15) is 27.6 Å². The van der Waals surface area contributed by atoms with E-state index < -0.39 is 58.9 Å². The largest absolute Gasteiger partial charge is 0.418 e. The van der Waals surface area contributed by atoms with Crippen molar-refractivity contribution in [3.8, 4) is 0 Å². The number of alkyl halides is 3. The number of rotatable bonds is 3. The predicted molar refractivity (Wildman–Crippen MR) is 131 cm³/mol. The van der Waals surface area contributed by atoms with Crippen LogP contribution in [0.5, 0.6) is 0 Å². The maximum atomic E-state index is 13.8. The van der Waals surface area contributed by atoms with E-state index in [1.54, 1.807) is 35.4 Å². The van der Waals surface area contributed by atoms with Crippen LogP contribution in [0.15, 0.2) is 79.0 Å². The molecule has 0 N–H and O–H groups in total. The zero-order valence-corrected chi connectivity index (χ0v) is 19.8. The van der Waals surface area contributed by atoms with E-state index in [0.717, 1.165) is 23.3 Å². The molecule has 0 unspecified atom stereocenters. The van der Waals surface area contributed by atoms with Crippen molar-refractivity contribution in [2.24, 2.45) is 11.8 Å². The molecule has 3 aromatic carbocycles. The number of anilines is 1. The summed E-state index contributed by atoms with van der Waals surface area (Å²) in [7, 11) is 0. The van der Waals surface area contributed by atoms with Crippen LogP contribution in [0.25, 0.3) is 6.08 Å². The Labute approximate surface area is 214 Å². The molecule has 0 saturated carbocycles. The average Bonchev–Trinajstić information content (AvgIpc) is 3.36. The number of benzene rings is 3. The van der Waals surface area contributed by atoms with Gasteiger partial charge in [-0.2, -0.15) is 13.2 Å². The molecule has 3 aliphatic rings. The van der Waals surface area contributed by atoms with Gasteiger partial charge in [0.05, 0.1) is 29.1 Å². The number of halogens is 4. The van der Waals surface area contributed by atoms with Gasteiger partial charge in [-0.1, -0.05) is 48.0 Å². The molecular weight excluding hydrogens is 505 g/mol. The summed E-state index contributed by atoms with van der Waals surface area (Å²) in [6.07, 6.45) is -1.28. The minimum atomic E-state index is -4.78. The number of imide groups is 1. The van der Waals surface area contributed by atoms with Gasteiger partial charge >= 0.3 is 6.18 Å². The van der Waals surface area contributed by atoms with Gasteiger partial charge in [0.2, 0.25) is 11.8 Å². The molecule has 0 radical (unpaired) electrons. The molecule has 9 heteroatoms. The van der Waals surface area contributed by atoms with Crippen LogP contribution in [-0.4, -0.2) is 28.5 Å². The smallest absolute Gasteiger partial charge is 0.358 e. The summed E-state index contributed by atoms with van der Waals surface area (Å²) < 4.78 is 41.5. The lowest BCUT2D eigenvalue weighted by Gasteiger charge is -2.35. The van der Waals surface area contributed by atoms with Crippen LogP contribution < -0.4 is 4.90 Å². The van der Waals surface area contributed by atoms with Crippen molar-refractivity contribution in [1.29, 1.82) is 0 Å². The monoisotopic (exact) mass is 522 g/mol. The quantitative estimate of drug-likeness (QED) is 0.324. The number of ketones is 1. The molecular formula is C28H18ClF3N2O3. The van der Waals surface area contributed by atoms with E-state index in [2.05, 4.69) is 0 Å². The summed E-state index contributed by atoms with van der Waals surface area (Å²) >= 11 is 5.98. The van der Waals surface area contributed by atoms with Crippen LogP contribution in [0.3, 0.4) is 0 Å². The Morgan fingerprint density at radius 2 is 1.49 bits per heavy atom. The van der Waals surface area contributed by atoms with E-state index in [1.165, 1.54) is 24.3 Å². The van der Waals surface area contributed by atoms with Gasteiger partial charge in [-0.05, 0) is 53.6 Å². The number of fused-ring (bicyclic) bond motifs is 5. The van der Waals surface area contributed by atoms with Crippen molar-refractivity contribution in [2.45, 2.75) is 18.3 Å². The summed E-state index contributed by atoms with van der Waals surface area (Å²) in [6, 6.07) is 16.2. The van der Waals surface area contributed by atoms with Gasteiger partial charge in [-0.15, -0.1) is 0 Å². The topological polar surface area (TPSA) is 57.7 Å². The van der Waals surface area contributed by atoms with Crippen LogP contribution in [0.2, 0.25) is 5.02 Å². The lowest BCUT2D eigenvalue weighted by atomic mass is 9.83. The molecule has 0 aromatic heterocycles. The Balaban J connectivity index is 1.51. The van der Waals surface area contributed by atoms with Crippen LogP contribution in [0.4, 0.5) is 18.9 Å². The molecule has 6 rings (SSSR count). The number of hydrogen-bond acceptors (Lipinski definition) is 4. The van der Waals surface area contributed by atoms with Gasteiger partial charge in [0, 0.05) is 16.8 Å². The maximum absolute atomic E-state index is 13.8. The Kier molecular flexibility index (Phi) is 5.28. The zero-order valence-electron chi connectivity index (χ0n) is 19.0. The lowest BCUT2D eigenvalue weighted by Crippen LogP contribution is -2.44. The minimum Gasteiger partial charge on any atom is -0.358 e. The molecule has 0 aliphatic carbocycles. The normalized spacial score (nSPS) is 24.2. The van der Waals surface area contributed by atoms with Crippen LogP contribution >= 0.6 is 11.6 Å². The predicted octanol–water partition coefficient (Wildman–Crippen LogP) is 5.76. The van der Waals surface area contributed by atoms with Gasteiger partial charge in [-0.25, -0.2) is 4.90 Å². The highest BCUT2D eigenvalue weighted by molar-refractivity contribution is 6.30. The second-order valence-electron chi connectivity index (χ2n) is 9.23. The van der Waals surface area contributed by atoms with Gasteiger partial charge in [0.25, 0.3) is 0 Å². The second-order valence-corrected chi connectivity index (χ2v) is 9.67. The fourth-order valence-electron chi connectivity index (χ4n) is 5.79. The SMILES string of the molecule is O=C(c1ccc(Cl)cc1)[C@@H]1[C@@H]2C(=O)N(c3ccccc3C(F)(F)F)C(=O)[C@@H]2[C@@H]2c3ccccc3C=CN12. The summed E-state index contributed by atoms with van der Waals surface area (Å²) in [4.78, 5) is 43.8. The molecule has 0 bridgehead atoms. The molecule has 37 heavy (non-hydrogen) atoms. The van der Waals surface area contributed by atoms with Gasteiger partial charge in [-0.3, -0.25) is 14.4 Å². The van der Waals surface area contributed by atoms with Crippen molar-refractivity contribution < 1.29 is 27.6 Å². The molecule has 3 aromatic rings. The van der Waals surface area contributed by atoms with Crippen molar-refractivity contribution >= 4 is 41.0 Å². The second kappa shape index (κ2) is 8.31. The molecule has 3 aliphatic heterocycles. The highest BCUT2D eigenvalue weighted by Gasteiger charge is 2.65. The number of amides is 2. The number of para-hydroxylation sites is 1. The number of nitrogens with zero attached hydrogens (tertiary/aromatic N) is 2. The van der Waals surface area contributed by atoms with Crippen molar-refractivity contribution in [2.75, 3.05) is 4.90 Å². The molecule has 2 amide bonds. The minimum absolute atomic E-state index is 0.287. The zero-order chi connectivity index (χ0) is 26.1. The molecule has 0 spiro atoms. The van der Waals surface area contributed by atoms with E-state index in [4.69, 9.17) is 11.6 Å². The summed E-state index contributed by atoms with van der Waals surface area (Å²) in [6.45, 7) is 0. The lowest BCUT2D eigenvalue weighted by molar-refractivity contribution is -0.137. The molecule has 2 saturated heterocycles. The Bertz CT molecular complexity index is 1480.